The lowest BCUT2D eigenvalue weighted by Gasteiger charge is -2.16. The van der Waals surface area contributed by atoms with Gasteiger partial charge >= 0.3 is 0 Å². The van der Waals surface area contributed by atoms with Gasteiger partial charge < -0.3 is 14.6 Å². The molecule has 21 heavy (non-hydrogen) atoms. The fourth-order valence-corrected chi connectivity index (χ4v) is 4.78. The maximum Gasteiger partial charge on any atom is 0.161 e. The molecule has 0 aliphatic carbocycles. The molecule has 2 aliphatic rings. The fraction of sp³-hybridized carbons (Fsp3) is 0.600. The Labute approximate surface area is 124 Å². The smallest absolute Gasteiger partial charge is 0.161 e. The number of hydrogen-bond acceptors (Lipinski definition) is 5. The van der Waals surface area contributed by atoms with Crippen molar-refractivity contribution in [1.82, 2.24) is 0 Å². The Morgan fingerprint density at radius 2 is 2.00 bits per heavy atom. The zero-order valence-electron chi connectivity index (χ0n) is 11.8. The topological polar surface area (TPSA) is 72.8 Å². The first-order valence-electron chi connectivity index (χ1n) is 7.31. The first kappa shape index (κ1) is 14.7. The number of sulfone groups is 1. The average molecular weight is 312 g/mol. The second-order valence-electron chi connectivity index (χ2n) is 5.78. The average Bonchev–Trinajstić information content (AvgIpc) is 2.65. The van der Waals surface area contributed by atoms with Crippen LogP contribution in [0.1, 0.15) is 30.9 Å². The molecule has 0 amide bonds. The van der Waals surface area contributed by atoms with Gasteiger partial charge in [0.15, 0.2) is 21.3 Å². The molecular formula is C15H20O5S. The van der Waals surface area contributed by atoms with Crippen molar-refractivity contribution in [2.24, 2.45) is 5.92 Å². The van der Waals surface area contributed by atoms with Gasteiger partial charge in [-0.3, -0.25) is 0 Å². The van der Waals surface area contributed by atoms with Gasteiger partial charge in [0.2, 0.25) is 0 Å². The van der Waals surface area contributed by atoms with Gasteiger partial charge in [-0.05, 0) is 36.5 Å². The molecular weight excluding hydrogens is 292 g/mol. The molecule has 6 heteroatoms. The van der Waals surface area contributed by atoms with E-state index in [2.05, 4.69) is 0 Å². The first-order chi connectivity index (χ1) is 10.0. The third-order valence-electron chi connectivity index (χ3n) is 4.04. The van der Waals surface area contributed by atoms with Crippen molar-refractivity contribution in [2.75, 3.05) is 24.7 Å². The summed E-state index contributed by atoms with van der Waals surface area (Å²) in [5.74, 6) is 1.83. The van der Waals surface area contributed by atoms with Gasteiger partial charge in [-0.2, -0.15) is 0 Å². The predicted molar refractivity (Wildman–Crippen MR) is 78.4 cm³/mol. The Balaban J connectivity index is 1.70. The third-order valence-corrected chi connectivity index (χ3v) is 5.88. The van der Waals surface area contributed by atoms with Gasteiger partial charge in [0.25, 0.3) is 0 Å². The SMILES string of the molecule is O=S1(=O)CCC(CC(O)c2ccc3c(c2)OCCCO3)C1. The van der Waals surface area contributed by atoms with E-state index in [-0.39, 0.29) is 17.4 Å². The molecule has 1 saturated heterocycles. The molecule has 1 aromatic rings. The standard InChI is InChI=1S/C15H20O5S/c16-13(8-11-4-7-21(17,18)10-11)12-2-3-14-15(9-12)20-6-1-5-19-14/h2-3,9,11,13,16H,1,4-8,10H2. The molecule has 0 aromatic heterocycles. The van der Waals surface area contributed by atoms with Crippen LogP contribution in [-0.4, -0.2) is 38.2 Å². The van der Waals surface area contributed by atoms with E-state index in [9.17, 15) is 13.5 Å². The normalized spacial score (nSPS) is 25.3. The number of ether oxygens (including phenoxy) is 2. The van der Waals surface area contributed by atoms with E-state index in [4.69, 9.17) is 9.47 Å². The van der Waals surface area contributed by atoms with E-state index in [1.807, 2.05) is 12.1 Å². The van der Waals surface area contributed by atoms with Gasteiger partial charge in [0.1, 0.15) is 0 Å². The number of fused-ring (bicyclic) bond motifs is 1. The van der Waals surface area contributed by atoms with Crippen LogP contribution < -0.4 is 9.47 Å². The largest absolute Gasteiger partial charge is 0.490 e. The second kappa shape index (κ2) is 5.85. The lowest BCUT2D eigenvalue weighted by molar-refractivity contribution is 0.148. The highest BCUT2D eigenvalue weighted by molar-refractivity contribution is 7.91. The van der Waals surface area contributed by atoms with Crippen molar-refractivity contribution in [2.45, 2.75) is 25.4 Å². The molecule has 0 bridgehead atoms. The summed E-state index contributed by atoms with van der Waals surface area (Å²) in [4.78, 5) is 0. The van der Waals surface area contributed by atoms with Crippen LogP contribution in [0.4, 0.5) is 0 Å². The van der Waals surface area contributed by atoms with Gasteiger partial charge in [0, 0.05) is 6.42 Å². The summed E-state index contributed by atoms with van der Waals surface area (Å²) in [7, 11) is -2.90. The van der Waals surface area contributed by atoms with Crippen molar-refractivity contribution in [1.29, 1.82) is 0 Å². The molecule has 5 nitrogen and oxygen atoms in total. The van der Waals surface area contributed by atoms with Crippen LogP contribution in [0, 0.1) is 5.92 Å². The number of aliphatic hydroxyl groups is 1. The van der Waals surface area contributed by atoms with Gasteiger partial charge in [0.05, 0.1) is 30.8 Å². The lowest BCUT2D eigenvalue weighted by Crippen LogP contribution is -2.09. The zero-order valence-corrected chi connectivity index (χ0v) is 12.6. The van der Waals surface area contributed by atoms with E-state index in [0.29, 0.717) is 37.6 Å². The maximum absolute atomic E-state index is 11.5. The maximum atomic E-state index is 11.5. The minimum Gasteiger partial charge on any atom is -0.490 e. The fourth-order valence-electron chi connectivity index (χ4n) is 2.90. The van der Waals surface area contributed by atoms with Crippen LogP contribution in [0.2, 0.25) is 0 Å². The van der Waals surface area contributed by atoms with Gasteiger partial charge in [-0.25, -0.2) is 8.42 Å². The number of rotatable bonds is 3. The Morgan fingerprint density at radius 3 is 2.71 bits per heavy atom. The summed E-state index contributed by atoms with van der Waals surface area (Å²) in [5, 5.41) is 10.3. The number of hydrogen-bond donors (Lipinski definition) is 1. The summed E-state index contributed by atoms with van der Waals surface area (Å²) in [5.41, 5.74) is 0.753. The minimum absolute atomic E-state index is 0.0426. The van der Waals surface area contributed by atoms with Crippen LogP contribution in [-0.2, 0) is 9.84 Å². The summed E-state index contributed by atoms with van der Waals surface area (Å²) in [6.07, 6.45) is 1.29. The highest BCUT2D eigenvalue weighted by Gasteiger charge is 2.30. The van der Waals surface area contributed by atoms with E-state index in [0.717, 1.165) is 12.0 Å². The quantitative estimate of drug-likeness (QED) is 0.920. The van der Waals surface area contributed by atoms with Crippen molar-refractivity contribution < 1.29 is 23.0 Å². The Bertz CT molecular complexity index is 610. The van der Waals surface area contributed by atoms with E-state index in [1.165, 1.54) is 0 Å². The van der Waals surface area contributed by atoms with E-state index in [1.54, 1.807) is 6.07 Å². The van der Waals surface area contributed by atoms with Crippen LogP contribution in [0.3, 0.4) is 0 Å². The van der Waals surface area contributed by atoms with Crippen molar-refractivity contribution in [3.8, 4) is 11.5 Å². The molecule has 2 atom stereocenters. The van der Waals surface area contributed by atoms with Gasteiger partial charge in [-0.1, -0.05) is 6.07 Å². The molecule has 116 valence electrons. The van der Waals surface area contributed by atoms with Crippen LogP contribution >= 0.6 is 0 Å². The summed E-state index contributed by atoms with van der Waals surface area (Å²) in [6.45, 7) is 1.24. The Kier molecular flexibility index (Phi) is 4.08. The third kappa shape index (κ3) is 3.49. The minimum atomic E-state index is -2.90. The van der Waals surface area contributed by atoms with E-state index >= 15 is 0 Å². The summed E-state index contributed by atoms with van der Waals surface area (Å²) in [6, 6.07) is 5.43. The van der Waals surface area contributed by atoms with Crippen molar-refractivity contribution in [3.63, 3.8) is 0 Å². The highest BCUT2D eigenvalue weighted by Crippen LogP contribution is 2.35. The van der Waals surface area contributed by atoms with Gasteiger partial charge in [-0.15, -0.1) is 0 Å². The Morgan fingerprint density at radius 1 is 1.24 bits per heavy atom. The molecule has 1 fully saturated rings. The monoisotopic (exact) mass is 312 g/mol. The van der Waals surface area contributed by atoms with Crippen LogP contribution in [0.5, 0.6) is 11.5 Å². The molecule has 3 rings (SSSR count). The predicted octanol–water partition coefficient (Wildman–Crippen LogP) is 1.71. The molecule has 1 aromatic carbocycles. The molecule has 2 aliphatic heterocycles. The second-order valence-corrected chi connectivity index (χ2v) is 8.01. The molecule has 2 unspecified atom stereocenters. The molecule has 1 N–H and O–H groups in total. The molecule has 0 radical (unpaired) electrons. The number of aliphatic hydroxyl groups excluding tert-OH is 1. The number of benzene rings is 1. The van der Waals surface area contributed by atoms with Crippen molar-refractivity contribution >= 4 is 9.84 Å². The Hall–Kier alpha value is -1.27. The molecule has 0 spiro atoms. The lowest BCUT2D eigenvalue weighted by atomic mass is 9.96. The summed E-state index contributed by atoms with van der Waals surface area (Å²) >= 11 is 0. The van der Waals surface area contributed by atoms with Crippen LogP contribution in [0.15, 0.2) is 18.2 Å². The molecule has 0 saturated carbocycles. The molecule has 2 heterocycles. The zero-order chi connectivity index (χ0) is 14.9. The first-order valence-corrected chi connectivity index (χ1v) is 9.14. The summed E-state index contributed by atoms with van der Waals surface area (Å²) < 4.78 is 34.1. The highest BCUT2D eigenvalue weighted by atomic mass is 32.2. The van der Waals surface area contributed by atoms with E-state index < -0.39 is 15.9 Å². The van der Waals surface area contributed by atoms with Crippen molar-refractivity contribution in [3.05, 3.63) is 23.8 Å². The van der Waals surface area contributed by atoms with Crippen LogP contribution in [0.25, 0.3) is 0 Å².